The summed E-state index contributed by atoms with van der Waals surface area (Å²) in [6.07, 6.45) is 4.39. The molecule has 0 aliphatic carbocycles. The van der Waals surface area contributed by atoms with Crippen molar-refractivity contribution in [2.45, 2.75) is 45.7 Å². The number of aromatic nitrogens is 3. The van der Waals surface area contributed by atoms with E-state index in [-0.39, 0.29) is 6.03 Å². The summed E-state index contributed by atoms with van der Waals surface area (Å²) in [6, 6.07) is 14.7. The van der Waals surface area contributed by atoms with E-state index in [0.717, 1.165) is 42.9 Å². The van der Waals surface area contributed by atoms with Crippen LogP contribution in [0.1, 0.15) is 36.5 Å². The van der Waals surface area contributed by atoms with Gasteiger partial charge in [-0.1, -0.05) is 36.2 Å². The van der Waals surface area contributed by atoms with Crippen LogP contribution in [0.4, 0.5) is 16.2 Å². The number of carbonyl (C=O) groups is 1. The van der Waals surface area contributed by atoms with Gasteiger partial charge in [-0.2, -0.15) is 5.10 Å². The molecule has 4 rings (SSSR count). The minimum atomic E-state index is -0.247. The minimum Gasteiger partial charge on any atom is -0.307 e. The molecule has 0 fully saturated rings. The van der Waals surface area contributed by atoms with Crippen molar-refractivity contribution in [3.8, 4) is 0 Å². The van der Waals surface area contributed by atoms with E-state index in [1.165, 1.54) is 6.42 Å². The molecule has 1 aliphatic heterocycles. The first kappa shape index (κ1) is 19.5. The molecule has 7 heteroatoms. The zero-order valence-corrected chi connectivity index (χ0v) is 17.2. The first-order chi connectivity index (χ1) is 14.1. The van der Waals surface area contributed by atoms with Crippen LogP contribution in [0, 0.1) is 6.92 Å². The third kappa shape index (κ3) is 4.77. The van der Waals surface area contributed by atoms with Gasteiger partial charge >= 0.3 is 6.03 Å². The van der Waals surface area contributed by atoms with Crippen molar-refractivity contribution < 1.29 is 4.79 Å². The van der Waals surface area contributed by atoms with Gasteiger partial charge in [-0.05, 0) is 55.7 Å². The van der Waals surface area contributed by atoms with Crippen LogP contribution in [-0.2, 0) is 19.5 Å². The Morgan fingerprint density at radius 2 is 2.03 bits per heavy atom. The van der Waals surface area contributed by atoms with Crippen LogP contribution in [0.2, 0.25) is 5.02 Å². The predicted molar refractivity (Wildman–Crippen MR) is 115 cm³/mol. The molecule has 0 saturated heterocycles. The standard InChI is InChI=1S/C22H24ClN5O/c1-16-7-5-10-19(13-16)27(22(29)24-18-9-6-8-17(23)14-18)15-20-25-21-11-3-2-4-12-28(21)26-20/h5-10,13-14H,2-4,11-12,15H2,1H3,(H,24,29). The molecule has 0 spiro atoms. The van der Waals surface area contributed by atoms with E-state index < -0.39 is 0 Å². The van der Waals surface area contributed by atoms with Crippen LogP contribution in [0.25, 0.3) is 0 Å². The fourth-order valence-corrected chi connectivity index (χ4v) is 3.74. The Morgan fingerprint density at radius 3 is 2.86 bits per heavy atom. The summed E-state index contributed by atoms with van der Waals surface area (Å²) in [5, 5.41) is 8.17. The Bertz CT molecular complexity index is 992. The lowest BCUT2D eigenvalue weighted by molar-refractivity contribution is 0.256. The normalized spacial score (nSPS) is 13.4. The maximum Gasteiger partial charge on any atom is 0.326 e. The van der Waals surface area contributed by atoms with E-state index in [0.29, 0.717) is 23.1 Å². The largest absolute Gasteiger partial charge is 0.326 e. The van der Waals surface area contributed by atoms with Gasteiger partial charge < -0.3 is 5.32 Å². The van der Waals surface area contributed by atoms with E-state index in [9.17, 15) is 4.79 Å². The van der Waals surface area contributed by atoms with Crippen LogP contribution in [0.15, 0.2) is 48.5 Å². The maximum absolute atomic E-state index is 13.1. The molecule has 0 unspecified atom stereocenters. The van der Waals surface area contributed by atoms with Crippen LogP contribution in [0.5, 0.6) is 0 Å². The third-order valence-corrected chi connectivity index (χ3v) is 5.23. The molecular weight excluding hydrogens is 386 g/mol. The summed E-state index contributed by atoms with van der Waals surface area (Å²) in [4.78, 5) is 19.5. The van der Waals surface area contributed by atoms with Gasteiger partial charge in [0.15, 0.2) is 5.82 Å². The van der Waals surface area contributed by atoms with Gasteiger partial charge in [0, 0.05) is 29.4 Å². The number of nitrogens with zero attached hydrogens (tertiary/aromatic N) is 4. The average molecular weight is 410 g/mol. The quantitative estimate of drug-likeness (QED) is 0.643. The number of benzene rings is 2. The summed E-state index contributed by atoms with van der Waals surface area (Å²) in [5.41, 5.74) is 2.53. The van der Waals surface area contributed by atoms with Crippen LogP contribution < -0.4 is 10.2 Å². The average Bonchev–Trinajstić information content (AvgIpc) is 2.94. The number of carbonyl (C=O) groups excluding carboxylic acids is 1. The Balaban J connectivity index is 1.61. The first-order valence-electron chi connectivity index (χ1n) is 9.92. The zero-order valence-electron chi connectivity index (χ0n) is 16.4. The Hall–Kier alpha value is -2.86. The second-order valence-corrected chi connectivity index (χ2v) is 7.78. The molecule has 1 N–H and O–H groups in total. The zero-order chi connectivity index (χ0) is 20.2. The smallest absolute Gasteiger partial charge is 0.307 e. The number of anilines is 2. The highest BCUT2D eigenvalue weighted by Crippen LogP contribution is 2.22. The SMILES string of the molecule is Cc1cccc(N(Cc2nc3n(n2)CCCCC3)C(=O)Nc2cccc(Cl)c2)c1. The van der Waals surface area contributed by atoms with Crippen molar-refractivity contribution in [3.05, 3.63) is 70.8 Å². The highest BCUT2D eigenvalue weighted by Gasteiger charge is 2.21. The monoisotopic (exact) mass is 409 g/mol. The predicted octanol–water partition coefficient (Wildman–Crippen LogP) is 5.21. The van der Waals surface area contributed by atoms with Gasteiger partial charge in [0.1, 0.15) is 5.82 Å². The van der Waals surface area contributed by atoms with Crippen LogP contribution in [0.3, 0.4) is 0 Å². The number of halogens is 1. The minimum absolute atomic E-state index is 0.247. The van der Waals surface area contributed by atoms with Gasteiger partial charge in [0.25, 0.3) is 0 Å². The van der Waals surface area contributed by atoms with Crippen molar-refractivity contribution in [3.63, 3.8) is 0 Å². The fraction of sp³-hybridized carbons (Fsp3) is 0.318. The van der Waals surface area contributed by atoms with Crippen molar-refractivity contribution in [1.82, 2.24) is 14.8 Å². The van der Waals surface area contributed by atoms with Crippen molar-refractivity contribution in [2.24, 2.45) is 0 Å². The van der Waals surface area contributed by atoms with Gasteiger partial charge in [-0.15, -0.1) is 0 Å². The van der Waals surface area contributed by atoms with Gasteiger partial charge in [-0.3, -0.25) is 4.90 Å². The van der Waals surface area contributed by atoms with Crippen molar-refractivity contribution in [1.29, 1.82) is 0 Å². The van der Waals surface area contributed by atoms with E-state index in [1.54, 1.807) is 17.0 Å². The third-order valence-electron chi connectivity index (χ3n) is 5.00. The molecule has 1 aliphatic rings. The molecule has 3 aromatic rings. The molecule has 1 aromatic heterocycles. The fourth-order valence-electron chi connectivity index (χ4n) is 3.55. The number of amides is 2. The molecular formula is C22H24ClN5O. The summed E-state index contributed by atoms with van der Waals surface area (Å²) in [5.74, 6) is 1.67. The molecule has 0 bridgehead atoms. The van der Waals surface area contributed by atoms with E-state index in [1.807, 2.05) is 48.0 Å². The van der Waals surface area contributed by atoms with E-state index >= 15 is 0 Å². The summed E-state index contributed by atoms with van der Waals surface area (Å²) in [6.45, 7) is 3.20. The molecule has 0 atom stereocenters. The molecule has 6 nitrogen and oxygen atoms in total. The van der Waals surface area contributed by atoms with Crippen molar-refractivity contribution >= 4 is 29.0 Å². The maximum atomic E-state index is 13.1. The number of rotatable bonds is 4. The second-order valence-electron chi connectivity index (χ2n) is 7.34. The Morgan fingerprint density at radius 1 is 1.17 bits per heavy atom. The number of fused-ring (bicyclic) bond motifs is 1. The summed E-state index contributed by atoms with van der Waals surface area (Å²) >= 11 is 6.06. The van der Waals surface area contributed by atoms with Crippen LogP contribution >= 0.6 is 11.6 Å². The number of nitrogens with one attached hydrogen (secondary N) is 1. The lowest BCUT2D eigenvalue weighted by atomic mass is 10.2. The van der Waals surface area contributed by atoms with Crippen molar-refractivity contribution in [2.75, 3.05) is 10.2 Å². The molecule has 2 amide bonds. The lowest BCUT2D eigenvalue weighted by Crippen LogP contribution is -2.35. The highest BCUT2D eigenvalue weighted by atomic mass is 35.5. The van der Waals surface area contributed by atoms with Gasteiger partial charge in [0.2, 0.25) is 0 Å². The first-order valence-corrected chi connectivity index (χ1v) is 10.3. The Kier molecular flexibility index (Phi) is 5.81. The second kappa shape index (κ2) is 8.66. The number of urea groups is 1. The summed E-state index contributed by atoms with van der Waals surface area (Å²) in [7, 11) is 0. The molecule has 0 saturated carbocycles. The molecule has 0 radical (unpaired) electrons. The molecule has 2 aromatic carbocycles. The van der Waals surface area contributed by atoms with E-state index in [4.69, 9.17) is 16.6 Å². The van der Waals surface area contributed by atoms with Gasteiger partial charge in [0.05, 0.1) is 6.54 Å². The highest BCUT2D eigenvalue weighted by molar-refractivity contribution is 6.30. The molecule has 2 heterocycles. The molecule has 29 heavy (non-hydrogen) atoms. The Labute approximate surface area is 175 Å². The molecule has 150 valence electrons. The lowest BCUT2D eigenvalue weighted by Gasteiger charge is -2.22. The van der Waals surface area contributed by atoms with E-state index in [2.05, 4.69) is 10.4 Å². The number of hydrogen-bond donors (Lipinski definition) is 1. The van der Waals surface area contributed by atoms with Gasteiger partial charge in [-0.25, -0.2) is 14.5 Å². The summed E-state index contributed by atoms with van der Waals surface area (Å²) < 4.78 is 1.99. The van der Waals surface area contributed by atoms with Crippen LogP contribution in [-0.4, -0.2) is 20.8 Å². The number of hydrogen-bond acceptors (Lipinski definition) is 3. The number of aryl methyl sites for hydroxylation is 3. The topological polar surface area (TPSA) is 63.1 Å².